The highest BCUT2D eigenvalue weighted by Crippen LogP contribution is 2.17. The summed E-state index contributed by atoms with van der Waals surface area (Å²) >= 11 is 0. The van der Waals surface area contributed by atoms with Gasteiger partial charge in [0.05, 0.1) is 11.5 Å². The van der Waals surface area contributed by atoms with Crippen molar-refractivity contribution in [2.75, 3.05) is 17.8 Å². The van der Waals surface area contributed by atoms with Crippen LogP contribution in [-0.4, -0.2) is 34.6 Å². The van der Waals surface area contributed by atoms with Gasteiger partial charge >= 0.3 is 0 Å². The first kappa shape index (κ1) is 15.4. The lowest BCUT2D eigenvalue weighted by atomic mass is 10.1. The Balaban J connectivity index is 1.94. The molecule has 6 nitrogen and oxygen atoms in total. The fourth-order valence-electron chi connectivity index (χ4n) is 1.98. The molecule has 112 valence electrons. The molecule has 0 saturated carbocycles. The zero-order valence-electron chi connectivity index (χ0n) is 11.2. The third-order valence-electron chi connectivity index (χ3n) is 3.12. The van der Waals surface area contributed by atoms with E-state index in [0.29, 0.717) is 0 Å². The minimum Gasteiger partial charge on any atom is -0.309 e. The van der Waals surface area contributed by atoms with Crippen molar-refractivity contribution >= 4 is 19.9 Å². The molecule has 0 radical (unpaired) electrons. The van der Waals surface area contributed by atoms with Crippen LogP contribution in [0.2, 0.25) is 0 Å². The van der Waals surface area contributed by atoms with E-state index in [1.54, 1.807) is 0 Å². The normalized spacial score (nSPS) is 15.2. The number of fused-ring (bicyclic) bond motifs is 1. The lowest BCUT2D eigenvalue weighted by molar-refractivity contribution is 0.578. The Bertz CT molecular complexity index is 696. The highest BCUT2D eigenvalue weighted by atomic mass is 32.2. The van der Waals surface area contributed by atoms with Crippen LogP contribution in [0.5, 0.6) is 0 Å². The van der Waals surface area contributed by atoms with E-state index in [1.807, 2.05) is 18.2 Å². The molecule has 1 aliphatic rings. The molecule has 2 rings (SSSR count). The van der Waals surface area contributed by atoms with Crippen LogP contribution < -0.4 is 10.0 Å². The van der Waals surface area contributed by atoms with E-state index >= 15 is 0 Å². The van der Waals surface area contributed by atoms with E-state index in [2.05, 4.69) is 10.0 Å². The van der Waals surface area contributed by atoms with Gasteiger partial charge in [-0.3, -0.25) is 0 Å². The second-order valence-electron chi connectivity index (χ2n) is 4.98. The van der Waals surface area contributed by atoms with Crippen LogP contribution in [0.25, 0.3) is 0 Å². The third-order valence-corrected chi connectivity index (χ3v) is 5.65. The lowest BCUT2D eigenvalue weighted by Crippen LogP contribution is -2.29. The van der Waals surface area contributed by atoms with Gasteiger partial charge < -0.3 is 5.32 Å². The average Bonchev–Trinajstić information content (AvgIpc) is 2.81. The Labute approximate surface area is 119 Å². The summed E-state index contributed by atoms with van der Waals surface area (Å²) in [6.07, 6.45) is 1.02. The Hall–Kier alpha value is -0.960. The summed E-state index contributed by atoms with van der Waals surface area (Å²) in [5.41, 5.74) is 3.28. The Morgan fingerprint density at radius 3 is 2.50 bits per heavy atom. The molecule has 0 bridgehead atoms. The summed E-state index contributed by atoms with van der Waals surface area (Å²) < 4.78 is 47.8. The summed E-state index contributed by atoms with van der Waals surface area (Å²) in [5.74, 6) is -0.769. The summed E-state index contributed by atoms with van der Waals surface area (Å²) in [6.45, 7) is 1.82. The van der Waals surface area contributed by atoms with Crippen molar-refractivity contribution in [2.45, 2.75) is 19.6 Å². The SMILES string of the molecule is CS(=O)(=O)CCS(=O)(=O)NCc1ccc2c(c1)CNC2. The van der Waals surface area contributed by atoms with Gasteiger partial charge in [0.2, 0.25) is 10.0 Å². The van der Waals surface area contributed by atoms with Crippen molar-refractivity contribution in [1.82, 2.24) is 10.0 Å². The molecular weight excluding hydrogens is 300 g/mol. The highest BCUT2D eigenvalue weighted by Gasteiger charge is 2.15. The minimum atomic E-state index is -3.57. The van der Waals surface area contributed by atoms with Crippen molar-refractivity contribution in [3.63, 3.8) is 0 Å². The van der Waals surface area contributed by atoms with Gasteiger partial charge in [-0.15, -0.1) is 0 Å². The van der Waals surface area contributed by atoms with E-state index < -0.39 is 25.6 Å². The van der Waals surface area contributed by atoms with Gasteiger partial charge in [-0.05, 0) is 16.7 Å². The highest BCUT2D eigenvalue weighted by molar-refractivity contribution is 7.93. The third kappa shape index (κ3) is 4.55. The van der Waals surface area contributed by atoms with Gasteiger partial charge in [-0.2, -0.15) is 0 Å². The van der Waals surface area contributed by atoms with Crippen LogP contribution in [-0.2, 0) is 39.5 Å². The number of rotatable bonds is 6. The Morgan fingerprint density at radius 2 is 1.80 bits per heavy atom. The molecular formula is C12H18N2O4S2. The molecule has 0 aliphatic carbocycles. The predicted octanol–water partition coefficient (Wildman–Crippen LogP) is -0.246. The van der Waals surface area contributed by atoms with Gasteiger partial charge in [-0.25, -0.2) is 21.6 Å². The number of benzene rings is 1. The number of hydrogen-bond acceptors (Lipinski definition) is 5. The number of sulfone groups is 1. The standard InChI is InChI=1S/C12H18N2O4S2/c1-19(15,16)4-5-20(17,18)14-7-10-2-3-11-8-13-9-12(11)6-10/h2-3,6,13-14H,4-5,7-9H2,1H3. The molecule has 1 aromatic carbocycles. The van der Waals surface area contributed by atoms with Crippen LogP contribution >= 0.6 is 0 Å². The van der Waals surface area contributed by atoms with Crippen LogP contribution in [0.15, 0.2) is 18.2 Å². The molecule has 0 aromatic heterocycles. The molecule has 1 aromatic rings. The second kappa shape index (κ2) is 5.80. The molecule has 0 unspecified atom stereocenters. The van der Waals surface area contributed by atoms with Crippen molar-refractivity contribution in [2.24, 2.45) is 0 Å². The van der Waals surface area contributed by atoms with Crippen LogP contribution in [0, 0.1) is 0 Å². The van der Waals surface area contributed by atoms with Crippen LogP contribution in [0.3, 0.4) is 0 Å². The van der Waals surface area contributed by atoms with Gasteiger partial charge in [0, 0.05) is 25.9 Å². The van der Waals surface area contributed by atoms with Crippen LogP contribution in [0.4, 0.5) is 0 Å². The van der Waals surface area contributed by atoms with Crippen molar-refractivity contribution in [1.29, 1.82) is 0 Å². The number of nitrogens with one attached hydrogen (secondary N) is 2. The predicted molar refractivity (Wildman–Crippen MR) is 77.3 cm³/mol. The summed E-state index contributed by atoms with van der Waals surface area (Å²) in [5, 5.41) is 3.22. The van der Waals surface area contributed by atoms with Crippen molar-refractivity contribution in [3.05, 3.63) is 34.9 Å². The van der Waals surface area contributed by atoms with Crippen molar-refractivity contribution < 1.29 is 16.8 Å². The van der Waals surface area contributed by atoms with E-state index in [9.17, 15) is 16.8 Å². The molecule has 0 atom stereocenters. The lowest BCUT2D eigenvalue weighted by Gasteiger charge is -2.07. The maximum atomic E-state index is 11.7. The van der Waals surface area contributed by atoms with E-state index in [0.717, 1.165) is 24.9 Å². The molecule has 2 N–H and O–H groups in total. The molecule has 0 spiro atoms. The smallest absolute Gasteiger partial charge is 0.212 e. The number of hydrogen-bond donors (Lipinski definition) is 2. The van der Waals surface area contributed by atoms with Gasteiger partial charge in [0.15, 0.2) is 0 Å². The Kier molecular flexibility index (Phi) is 4.48. The second-order valence-corrected chi connectivity index (χ2v) is 9.16. The van der Waals surface area contributed by atoms with E-state index in [1.165, 1.54) is 11.1 Å². The van der Waals surface area contributed by atoms with Gasteiger partial charge in [0.1, 0.15) is 9.84 Å². The molecule has 0 saturated heterocycles. The maximum Gasteiger partial charge on any atom is 0.212 e. The minimum absolute atomic E-state index is 0.180. The monoisotopic (exact) mass is 318 g/mol. The van der Waals surface area contributed by atoms with Gasteiger partial charge in [0.25, 0.3) is 0 Å². The summed E-state index contributed by atoms with van der Waals surface area (Å²) in [4.78, 5) is 0. The molecule has 8 heteroatoms. The van der Waals surface area contributed by atoms with E-state index in [4.69, 9.17) is 0 Å². The van der Waals surface area contributed by atoms with Crippen LogP contribution in [0.1, 0.15) is 16.7 Å². The molecule has 20 heavy (non-hydrogen) atoms. The fourth-order valence-corrected chi connectivity index (χ4v) is 4.60. The fraction of sp³-hybridized carbons (Fsp3) is 0.500. The first-order chi connectivity index (χ1) is 9.25. The van der Waals surface area contributed by atoms with Gasteiger partial charge in [-0.1, -0.05) is 18.2 Å². The molecule has 1 aliphatic heterocycles. The largest absolute Gasteiger partial charge is 0.309 e. The molecule has 1 heterocycles. The zero-order valence-corrected chi connectivity index (χ0v) is 12.9. The zero-order chi connectivity index (χ0) is 14.8. The average molecular weight is 318 g/mol. The first-order valence-corrected chi connectivity index (χ1v) is 9.93. The molecule has 0 fully saturated rings. The summed E-state index contributed by atoms with van der Waals surface area (Å²) in [6, 6.07) is 5.83. The van der Waals surface area contributed by atoms with Crippen molar-refractivity contribution in [3.8, 4) is 0 Å². The Morgan fingerprint density at radius 1 is 1.10 bits per heavy atom. The maximum absolute atomic E-state index is 11.7. The first-order valence-electron chi connectivity index (χ1n) is 6.22. The van der Waals surface area contributed by atoms with E-state index in [-0.39, 0.29) is 12.3 Å². The summed E-state index contributed by atoms with van der Waals surface area (Å²) in [7, 11) is -6.85. The number of sulfonamides is 1. The molecule has 0 amide bonds. The topological polar surface area (TPSA) is 92.3 Å². The quantitative estimate of drug-likeness (QED) is 0.755.